The van der Waals surface area contributed by atoms with Gasteiger partial charge in [0.1, 0.15) is 0 Å². The molecule has 0 fully saturated rings. The van der Waals surface area contributed by atoms with Crippen LogP contribution in [0.25, 0.3) is 0 Å². The SMILES string of the molecule is CCOC(=O)c1ccc(NC(=O)CCSSCCC(=O)Nc2ccc(C(=O)OCC)cc2)cc1. The molecule has 2 aromatic carbocycles. The lowest BCUT2D eigenvalue weighted by Gasteiger charge is -2.07. The zero-order chi connectivity index (χ0) is 24.8. The van der Waals surface area contributed by atoms with Crippen LogP contribution in [-0.2, 0) is 19.1 Å². The Labute approximate surface area is 206 Å². The average Bonchev–Trinajstić information content (AvgIpc) is 2.82. The largest absolute Gasteiger partial charge is 0.462 e. The van der Waals surface area contributed by atoms with Crippen molar-refractivity contribution in [3.8, 4) is 0 Å². The first kappa shape index (κ1) is 27.3. The molecule has 0 radical (unpaired) electrons. The number of rotatable bonds is 13. The highest BCUT2D eigenvalue weighted by atomic mass is 33.1. The van der Waals surface area contributed by atoms with Crippen LogP contribution < -0.4 is 10.6 Å². The van der Waals surface area contributed by atoms with E-state index in [0.29, 0.717) is 60.1 Å². The summed E-state index contributed by atoms with van der Waals surface area (Å²) < 4.78 is 9.85. The molecule has 2 aromatic rings. The third kappa shape index (κ3) is 9.88. The normalized spacial score (nSPS) is 10.3. The fraction of sp³-hybridized carbons (Fsp3) is 0.333. The summed E-state index contributed by atoms with van der Waals surface area (Å²) in [4.78, 5) is 47.4. The molecule has 0 unspecified atom stereocenters. The van der Waals surface area contributed by atoms with Gasteiger partial charge in [0, 0.05) is 35.7 Å². The first-order valence-corrected chi connectivity index (χ1v) is 13.3. The fourth-order valence-corrected chi connectivity index (χ4v) is 4.62. The standard InChI is InChI=1S/C24H28N2O6S2/c1-3-31-23(29)17-5-9-19(10-6-17)25-21(27)13-15-33-34-16-14-22(28)26-20-11-7-18(8-12-20)24(30)32-4-2/h5-12H,3-4,13-16H2,1-2H3,(H,25,27)(H,26,28). The van der Waals surface area contributed by atoms with Gasteiger partial charge < -0.3 is 20.1 Å². The molecule has 34 heavy (non-hydrogen) atoms. The lowest BCUT2D eigenvalue weighted by atomic mass is 10.2. The van der Waals surface area contributed by atoms with Crippen LogP contribution in [0.15, 0.2) is 48.5 Å². The summed E-state index contributed by atoms with van der Waals surface area (Å²) in [5.74, 6) is 0.175. The summed E-state index contributed by atoms with van der Waals surface area (Å²) >= 11 is 0. The molecule has 2 amide bonds. The molecule has 0 aliphatic heterocycles. The predicted octanol–water partition coefficient (Wildman–Crippen LogP) is 4.78. The number of nitrogens with one attached hydrogen (secondary N) is 2. The zero-order valence-electron chi connectivity index (χ0n) is 19.1. The number of anilines is 2. The van der Waals surface area contributed by atoms with Gasteiger partial charge in [-0.05, 0) is 62.4 Å². The van der Waals surface area contributed by atoms with E-state index in [1.165, 1.54) is 21.6 Å². The Hall–Kier alpha value is -2.98. The van der Waals surface area contributed by atoms with Crippen LogP contribution in [-0.4, -0.2) is 48.5 Å². The molecule has 0 aliphatic rings. The number of hydrogen-bond acceptors (Lipinski definition) is 8. The second-order valence-corrected chi connectivity index (χ2v) is 9.54. The molecule has 2 rings (SSSR count). The maximum Gasteiger partial charge on any atom is 0.338 e. The van der Waals surface area contributed by atoms with Crippen molar-refractivity contribution in [1.82, 2.24) is 0 Å². The molecular formula is C24H28N2O6S2. The molecule has 0 saturated heterocycles. The van der Waals surface area contributed by atoms with Gasteiger partial charge in [0.2, 0.25) is 11.8 Å². The number of ether oxygens (including phenoxy) is 2. The first-order chi connectivity index (χ1) is 16.4. The van der Waals surface area contributed by atoms with Crippen LogP contribution in [0.2, 0.25) is 0 Å². The molecule has 0 spiro atoms. The molecule has 0 saturated carbocycles. The van der Waals surface area contributed by atoms with E-state index in [1.54, 1.807) is 62.4 Å². The van der Waals surface area contributed by atoms with E-state index >= 15 is 0 Å². The Morgan fingerprint density at radius 2 is 1.00 bits per heavy atom. The van der Waals surface area contributed by atoms with Crippen molar-refractivity contribution in [3.63, 3.8) is 0 Å². The van der Waals surface area contributed by atoms with Gasteiger partial charge in [-0.25, -0.2) is 9.59 Å². The van der Waals surface area contributed by atoms with E-state index in [4.69, 9.17) is 9.47 Å². The summed E-state index contributed by atoms with van der Waals surface area (Å²) in [5.41, 5.74) is 2.10. The number of amides is 2. The number of carbonyl (C=O) groups excluding carboxylic acids is 4. The minimum atomic E-state index is -0.394. The molecule has 0 bridgehead atoms. The second kappa shape index (κ2) is 15.0. The highest BCUT2D eigenvalue weighted by Crippen LogP contribution is 2.23. The Kier molecular flexibility index (Phi) is 12.0. The quantitative estimate of drug-likeness (QED) is 0.228. The Morgan fingerprint density at radius 3 is 1.32 bits per heavy atom. The van der Waals surface area contributed by atoms with Crippen LogP contribution in [0.3, 0.4) is 0 Å². The van der Waals surface area contributed by atoms with Gasteiger partial charge in [-0.1, -0.05) is 21.6 Å². The van der Waals surface area contributed by atoms with Crippen molar-refractivity contribution in [2.24, 2.45) is 0 Å². The number of benzene rings is 2. The highest BCUT2D eigenvalue weighted by molar-refractivity contribution is 8.76. The highest BCUT2D eigenvalue weighted by Gasteiger charge is 2.09. The maximum atomic E-state index is 12.1. The van der Waals surface area contributed by atoms with Gasteiger partial charge in [0.05, 0.1) is 24.3 Å². The topological polar surface area (TPSA) is 111 Å². The molecule has 182 valence electrons. The van der Waals surface area contributed by atoms with Crippen molar-refractivity contribution in [3.05, 3.63) is 59.7 Å². The van der Waals surface area contributed by atoms with Gasteiger partial charge >= 0.3 is 11.9 Å². The molecular weight excluding hydrogens is 476 g/mol. The summed E-state index contributed by atoms with van der Waals surface area (Å²) in [7, 11) is 3.05. The number of carbonyl (C=O) groups is 4. The van der Waals surface area contributed by atoms with Crippen LogP contribution in [0.5, 0.6) is 0 Å². The lowest BCUT2D eigenvalue weighted by Crippen LogP contribution is -2.13. The van der Waals surface area contributed by atoms with E-state index in [9.17, 15) is 19.2 Å². The van der Waals surface area contributed by atoms with Gasteiger partial charge in [-0.15, -0.1) is 0 Å². The summed E-state index contributed by atoms with van der Waals surface area (Å²) in [5, 5.41) is 5.58. The molecule has 8 nitrogen and oxygen atoms in total. The average molecular weight is 505 g/mol. The smallest absolute Gasteiger partial charge is 0.338 e. The Balaban J connectivity index is 1.58. The minimum Gasteiger partial charge on any atom is -0.462 e. The van der Waals surface area contributed by atoms with Crippen LogP contribution in [0.4, 0.5) is 11.4 Å². The zero-order valence-corrected chi connectivity index (χ0v) is 20.8. The third-order valence-electron chi connectivity index (χ3n) is 4.27. The van der Waals surface area contributed by atoms with E-state index in [2.05, 4.69) is 10.6 Å². The van der Waals surface area contributed by atoms with Crippen LogP contribution in [0, 0.1) is 0 Å². The summed E-state index contributed by atoms with van der Waals surface area (Å²) in [6.07, 6.45) is 0.659. The summed E-state index contributed by atoms with van der Waals surface area (Å²) in [6, 6.07) is 13.1. The molecule has 2 N–H and O–H groups in total. The van der Waals surface area contributed by atoms with Gasteiger partial charge in [-0.2, -0.15) is 0 Å². The van der Waals surface area contributed by atoms with E-state index in [0.717, 1.165) is 0 Å². The number of hydrogen-bond donors (Lipinski definition) is 2. The monoisotopic (exact) mass is 504 g/mol. The molecule has 0 aromatic heterocycles. The van der Waals surface area contributed by atoms with E-state index < -0.39 is 11.9 Å². The van der Waals surface area contributed by atoms with Crippen molar-refractivity contribution in [2.75, 3.05) is 35.4 Å². The molecule has 0 atom stereocenters. The van der Waals surface area contributed by atoms with Crippen molar-refractivity contribution in [2.45, 2.75) is 26.7 Å². The lowest BCUT2D eigenvalue weighted by molar-refractivity contribution is -0.116. The third-order valence-corrected chi connectivity index (χ3v) is 6.68. The van der Waals surface area contributed by atoms with Gasteiger partial charge in [0.25, 0.3) is 0 Å². The first-order valence-electron chi connectivity index (χ1n) is 10.8. The van der Waals surface area contributed by atoms with E-state index in [1.807, 2.05) is 0 Å². The maximum absolute atomic E-state index is 12.1. The van der Waals surface area contributed by atoms with Gasteiger partial charge in [-0.3, -0.25) is 9.59 Å². The fourth-order valence-electron chi connectivity index (χ4n) is 2.64. The van der Waals surface area contributed by atoms with Crippen molar-refractivity contribution >= 4 is 56.7 Å². The molecule has 0 heterocycles. The Bertz CT molecular complexity index is 885. The van der Waals surface area contributed by atoms with Gasteiger partial charge in [0.15, 0.2) is 0 Å². The van der Waals surface area contributed by atoms with Crippen LogP contribution in [0.1, 0.15) is 47.4 Å². The number of esters is 2. The summed E-state index contributed by atoms with van der Waals surface area (Å²) in [6.45, 7) is 4.11. The molecule has 10 heteroatoms. The van der Waals surface area contributed by atoms with Crippen molar-refractivity contribution in [1.29, 1.82) is 0 Å². The second-order valence-electron chi connectivity index (χ2n) is 6.84. The molecule has 0 aliphatic carbocycles. The minimum absolute atomic E-state index is 0.124. The Morgan fingerprint density at radius 1 is 0.647 bits per heavy atom. The predicted molar refractivity (Wildman–Crippen MR) is 136 cm³/mol. The van der Waals surface area contributed by atoms with E-state index in [-0.39, 0.29) is 11.8 Å². The van der Waals surface area contributed by atoms with Crippen molar-refractivity contribution < 1.29 is 28.7 Å². The van der Waals surface area contributed by atoms with Crippen LogP contribution >= 0.6 is 21.6 Å².